The molecule has 1 aromatic heterocycles. The van der Waals surface area contributed by atoms with Gasteiger partial charge in [0.2, 0.25) is 0 Å². The Balaban J connectivity index is 0.00000264. The van der Waals surface area contributed by atoms with E-state index in [-0.39, 0.29) is 18.2 Å². The van der Waals surface area contributed by atoms with Crippen LogP contribution in [0.4, 0.5) is 8.78 Å². The first-order chi connectivity index (χ1) is 10.4. The smallest absolute Gasteiger partial charge is 0.287 e. The largest absolute Gasteiger partial charge is 0.451 e. The molecule has 0 spiro atoms. The molecule has 2 rings (SSSR count). The topological polar surface area (TPSA) is 68.3 Å². The molecule has 126 valence electrons. The number of amides is 1. The first-order valence-corrected chi connectivity index (χ1v) is 7.00. The van der Waals surface area contributed by atoms with Crippen molar-refractivity contribution in [2.24, 2.45) is 5.73 Å². The number of rotatable bonds is 6. The van der Waals surface area contributed by atoms with Gasteiger partial charge in [-0.25, -0.2) is 8.78 Å². The third-order valence-corrected chi connectivity index (χ3v) is 3.28. The maximum absolute atomic E-state index is 13.0. The van der Waals surface area contributed by atoms with Crippen LogP contribution in [0.2, 0.25) is 0 Å². The van der Waals surface area contributed by atoms with E-state index in [4.69, 9.17) is 10.2 Å². The van der Waals surface area contributed by atoms with Gasteiger partial charge in [0.1, 0.15) is 5.76 Å². The lowest BCUT2D eigenvalue weighted by molar-refractivity contribution is 0.0116. The third kappa shape index (κ3) is 5.04. The Bertz CT molecular complexity index is 642. The summed E-state index contributed by atoms with van der Waals surface area (Å²) in [5, 5.41) is 2.11. The summed E-state index contributed by atoms with van der Waals surface area (Å²) in [5.41, 5.74) is 6.92. The Morgan fingerprint density at radius 2 is 1.87 bits per heavy atom. The SMILES string of the molecule is CCc1ccc(-c2ccc(C(=O)NCC(F)(F)CN)o2)cc1.Cl. The zero-order valence-electron chi connectivity index (χ0n) is 12.6. The number of carbonyl (C=O) groups excluding carboxylic acids is 1. The van der Waals surface area contributed by atoms with Crippen LogP contribution in [-0.2, 0) is 6.42 Å². The minimum absolute atomic E-state index is 0. The first kappa shape index (κ1) is 19.1. The van der Waals surface area contributed by atoms with E-state index in [0.717, 1.165) is 12.0 Å². The normalized spacial score (nSPS) is 11.0. The van der Waals surface area contributed by atoms with Crippen molar-refractivity contribution >= 4 is 18.3 Å². The molecule has 2 aromatic rings. The van der Waals surface area contributed by atoms with Crippen LogP contribution in [0.5, 0.6) is 0 Å². The summed E-state index contributed by atoms with van der Waals surface area (Å²) >= 11 is 0. The molecule has 0 saturated carbocycles. The summed E-state index contributed by atoms with van der Waals surface area (Å²) in [6.07, 6.45) is 0.932. The average molecular weight is 345 g/mol. The Kier molecular flexibility index (Phi) is 6.72. The van der Waals surface area contributed by atoms with E-state index in [1.165, 1.54) is 11.6 Å². The van der Waals surface area contributed by atoms with Gasteiger partial charge in [-0.15, -0.1) is 12.4 Å². The second-order valence-corrected chi connectivity index (χ2v) is 4.96. The fourth-order valence-electron chi connectivity index (χ4n) is 1.89. The number of hydrogen-bond donors (Lipinski definition) is 2. The number of aryl methyl sites for hydroxylation is 1. The van der Waals surface area contributed by atoms with Crippen molar-refractivity contribution < 1.29 is 18.0 Å². The predicted molar refractivity (Wildman–Crippen MR) is 87.1 cm³/mol. The highest BCUT2D eigenvalue weighted by molar-refractivity contribution is 5.92. The maximum Gasteiger partial charge on any atom is 0.287 e. The van der Waals surface area contributed by atoms with Crippen LogP contribution in [0.15, 0.2) is 40.8 Å². The van der Waals surface area contributed by atoms with Crippen LogP contribution in [0.25, 0.3) is 11.3 Å². The molecule has 4 nitrogen and oxygen atoms in total. The number of hydrogen-bond acceptors (Lipinski definition) is 3. The summed E-state index contributed by atoms with van der Waals surface area (Å²) in [7, 11) is 0. The van der Waals surface area contributed by atoms with E-state index in [1.54, 1.807) is 6.07 Å². The van der Waals surface area contributed by atoms with Crippen molar-refractivity contribution in [1.82, 2.24) is 5.32 Å². The lowest BCUT2D eigenvalue weighted by Crippen LogP contribution is -2.41. The zero-order chi connectivity index (χ0) is 16.2. The second-order valence-electron chi connectivity index (χ2n) is 4.96. The summed E-state index contributed by atoms with van der Waals surface area (Å²) < 4.78 is 31.4. The first-order valence-electron chi connectivity index (χ1n) is 7.00. The molecule has 0 radical (unpaired) electrons. The van der Waals surface area contributed by atoms with Gasteiger partial charge < -0.3 is 15.5 Å². The van der Waals surface area contributed by atoms with Gasteiger partial charge in [0, 0.05) is 5.56 Å². The van der Waals surface area contributed by atoms with Gasteiger partial charge in [-0.05, 0) is 24.1 Å². The molecule has 0 aliphatic carbocycles. The fraction of sp³-hybridized carbons (Fsp3) is 0.312. The number of nitrogens with two attached hydrogens (primary N) is 1. The summed E-state index contributed by atoms with van der Waals surface area (Å²) in [6, 6.07) is 10.8. The van der Waals surface area contributed by atoms with Crippen molar-refractivity contribution in [1.29, 1.82) is 0 Å². The summed E-state index contributed by atoms with van der Waals surface area (Å²) in [6.45, 7) is 0.422. The average Bonchev–Trinajstić information content (AvgIpc) is 3.03. The Morgan fingerprint density at radius 1 is 1.22 bits per heavy atom. The molecule has 0 fully saturated rings. The second kappa shape index (κ2) is 8.08. The molecule has 0 bridgehead atoms. The van der Waals surface area contributed by atoms with E-state index >= 15 is 0 Å². The molecule has 0 atom stereocenters. The van der Waals surface area contributed by atoms with Gasteiger partial charge in [-0.1, -0.05) is 31.2 Å². The lowest BCUT2D eigenvalue weighted by Gasteiger charge is -2.13. The maximum atomic E-state index is 13.0. The molecule has 23 heavy (non-hydrogen) atoms. The number of furan rings is 1. The minimum Gasteiger partial charge on any atom is -0.451 e. The molecule has 1 amide bonds. The molecular formula is C16H19ClF2N2O2. The minimum atomic E-state index is -3.12. The fourth-order valence-corrected chi connectivity index (χ4v) is 1.89. The molecule has 1 heterocycles. The quantitative estimate of drug-likeness (QED) is 0.845. The molecule has 0 unspecified atom stereocenters. The van der Waals surface area contributed by atoms with Gasteiger partial charge in [0.25, 0.3) is 11.8 Å². The van der Waals surface area contributed by atoms with Crippen LogP contribution in [0.1, 0.15) is 23.0 Å². The van der Waals surface area contributed by atoms with E-state index in [9.17, 15) is 13.6 Å². The third-order valence-electron chi connectivity index (χ3n) is 3.28. The summed E-state index contributed by atoms with van der Waals surface area (Å²) in [5.74, 6) is -3.31. The zero-order valence-corrected chi connectivity index (χ0v) is 13.5. The van der Waals surface area contributed by atoms with Crippen LogP contribution >= 0.6 is 12.4 Å². The molecule has 7 heteroatoms. The number of halogens is 3. The van der Waals surface area contributed by atoms with Crippen molar-refractivity contribution in [2.75, 3.05) is 13.1 Å². The molecular weight excluding hydrogens is 326 g/mol. The van der Waals surface area contributed by atoms with E-state index in [2.05, 4.69) is 12.2 Å². The van der Waals surface area contributed by atoms with Crippen molar-refractivity contribution in [3.63, 3.8) is 0 Å². The van der Waals surface area contributed by atoms with Crippen molar-refractivity contribution in [2.45, 2.75) is 19.3 Å². The highest BCUT2D eigenvalue weighted by atomic mass is 35.5. The Hall–Kier alpha value is -1.92. The Labute approximate surface area is 139 Å². The highest BCUT2D eigenvalue weighted by Gasteiger charge is 2.27. The van der Waals surface area contributed by atoms with E-state index < -0.39 is 24.9 Å². The Morgan fingerprint density at radius 3 is 2.43 bits per heavy atom. The summed E-state index contributed by atoms with van der Waals surface area (Å²) in [4.78, 5) is 11.8. The van der Waals surface area contributed by atoms with Gasteiger partial charge in [-0.2, -0.15) is 0 Å². The van der Waals surface area contributed by atoms with E-state index in [1.807, 2.05) is 24.3 Å². The van der Waals surface area contributed by atoms with Crippen LogP contribution in [0.3, 0.4) is 0 Å². The van der Waals surface area contributed by atoms with Gasteiger partial charge >= 0.3 is 0 Å². The van der Waals surface area contributed by atoms with Crippen molar-refractivity contribution in [3.05, 3.63) is 47.7 Å². The van der Waals surface area contributed by atoms with Gasteiger partial charge in [0.15, 0.2) is 5.76 Å². The molecule has 3 N–H and O–H groups in total. The van der Waals surface area contributed by atoms with Gasteiger partial charge in [-0.3, -0.25) is 4.79 Å². The molecule has 0 saturated heterocycles. The van der Waals surface area contributed by atoms with Crippen molar-refractivity contribution in [3.8, 4) is 11.3 Å². The predicted octanol–water partition coefficient (Wildman–Crippen LogP) is 3.25. The molecule has 0 aliphatic rings. The molecule has 0 aliphatic heterocycles. The van der Waals surface area contributed by atoms with Crippen LogP contribution in [0, 0.1) is 0 Å². The van der Waals surface area contributed by atoms with Gasteiger partial charge in [0.05, 0.1) is 13.1 Å². The monoisotopic (exact) mass is 344 g/mol. The number of carbonyl (C=O) groups is 1. The standard InChI is InChI=1S/C16H18F2N2O2.ClH/c1-2-11-3-5-12(6-4-11)13-7-8-14(22-13)15(21)20-10-16(17,18)9-19;/h3-8H,2,9-10,19H2,1H3,(H,20,21);1H. The number of benzene rings is 1. The highest BCUT2D eigenvalue weighted by Crippen LogP contribution is 2.23. The van der Waals surface area contributed by atoms with Crippen LogP contribution < -0.4 is 11.1 Å². The lowest BCUT2D eigenvalue weighted by atomic mass is 10.1. The molecule has 1 aromatic carbocycles. The number of alkyl halides is 2. The number of nitrogens with one attached hydrogen (secondary N) is 1. The van der Waals surface area contributed by atoms with E-state index in [0.29, 0.717) is 5.76 Å². The van der Waals surface area contributed by atoms with Crippen LogP contribution in [-0.4, -0.2) is 24.9 Å².